The molecule has 0 aromatic rings. The lowest BCUT2D eigenvalue weighted by atomic mass is 9.93. The Labute approximate surface area is 121 Å². The molecular weight excluding hydrogens is 278 g/mol. The van der Waals surface area contributed by atoms with Gasteiger partial charge in [-0.2, -0.15) is 0 Å². The highest BCUT2D eigenvalue weighted by Crippen LogP contribution is 2.27. The van der Waals surface area contributed by atoms with Crippen LogP contribution in [0, 0.1) is 5.92 Å². The molecule has 20 heavy (non-hydrogen) atoms. The van der Waals surface area contributed by atoms with Crippen LogP contribution < -0.4 is 5.73 Å². The predicted molar refractivity (Wildman–Crippen MR) is 80.7 cm³/mol. The van der Waals surface area contributed by atoms with Crippen LogP contribution in [0.4, 0.5) is 0 Å². The average molecular weight is 305 g/mol. The third-order valence-corrected chi connectivity index (χ3v) is 5.89. The van der Waals surface area contributed by atoms with Crippen molar-refractivity contribution in [3.63, 3.8) is 0 Å². The van der Waals surface area contributed by atoms with Gasteiger partial charge in [-0.1, -0.05) is 25.4 Å². The van der Waals surface area contributed by atoms with Gasteiger partial charge in [0.2, 0.25) is 0 Å². The minimum atomic E-state index is -2.97. The quantitative estimate of drug-likeness (QED) is 0.331. The fraction of sp³-hybridized carbons (Fsp3) is 0.923. The molecule has 0 radical (unpaired) electrons. The van der Waals surface area contributed by atoms with E-state index in [1.54, 1.807) is 0 Å². The highest BCUT2D eigenvalue weighted by Gasteiger charge is 2.32. The van der Waals surface area contributed by atoms with Crippen LogP contribution in [0.15, 0.2) is 5.16 Å². The Morgan fingerprint density at radius 2 is 2.15 bits per heavy atom. The lowest BCUT2D eigenvalue weighted by molar-refractivity contribution is 0.155. The highest BCUT2D eigenvalue weighted by molar-refractivity contribution is 7.91. The summed E-state index contributed by atoms with van der Waals surface area (Å²) in [6.45, 7) is 5.50. The second-order valence-electron chi connectivity index (χ2n) is 5.79. The molecular formula is C13H27N3O3S. The van der Waals surface area contributed by atoms with Crippen molar-refractivity contribution in [2.45, 2.75) is 50.8 Å². The maximum absolute atomic E-state index is 11.7. The lowest BCUT2D eigenvalue weighted by Crippen LogP contribution is -2.45. The molecule has 1 aliphatic rings. The number of sulfone groups is 1. The van der Waals surface area contributed by atoms with Gasteiger partial charge in [0, 0.05) is 24.8 Å². The molecule has 0 bridgehead atoms. The van der Waals surface area contributed by atoms with Gasteiger partial charge in [0.25, 0.3) is 0 Å². The Bertz CT molecular complexity index is 436. The number of hydrogen-bond donors (Lipinski definition) is 2. The third-order valence-electron chi connectivity index (χ3n) is 4.26. The summed E-state index contributed by atoms with van der Waals surface area (Å²) in [5, 5.41) is 11.5. The van der Waals surface area contributed by atoms with Crippen molar-refractivity contribution in [2.75, 3.05) is 19.3 Å². The summed E-state index contributed by atoms with van der Waals surface area (Å²) in [5.41, 5.74) is 5.62. The van der Waals surface area contributed by atoms with E-state index in [0.29, 0.717) is 13.0 Å². The number of nitrogens with zero attached hydrogens (tertiary/aromatic N) is 2. The molecule has 3 atom stereocenters. The Balaban J connectivity index is 2.70. The monoisotopic (exact) mass is 305 g/mol. The summed E-state index contributed by atoms with van der Waals surface area (Å²) in [6.07, 6.45) is 4.74. The number of oxime groups is 1. The number of amidine groups is 1. The molecule has 7 heteroatoms. The maximum atomic E-state index is 11.7. The highest BCUT2D eigenvalue weighted by atomic mass is 32.2. The summed E-state index contributed by atoms with van der Waals surface area (Å²) in [6, 6.07) is 0.266. The summed E-state index contributed by atoms with van der Waals surface area (Å²) >= 11 is 0. The van der Waals surface area contributed by atoms with Crippen molar-refractivity contribution in [3.8, 4) is 0 Å². The van der Waals surface area contributed by atoms with Gasteiger partial charge in [0.15, 0.2) is 0 Å². The predicted octanol–water partition coefficient (Wildman–Crippen LogP) is 1.05. The largest absolute Gasteiger partial charge is 0.409 e. The zero-order chi connectivity index (χ0) is 15.3. The minimum absolute atomic E-state index is 0.0430. The maximum Gasteiger partial charge on any atom is 0.150 e. The standard InChI is InChI=1S/C13H27N3O3S/c1-4-16(9-10(2)13(14)15-17)11-6-5-7-12(8-11)20(3,18)19/h10-12,17H,4-9H2,1-3H3,(H2,14,15). The van der Waals surface area contributed by atoms with Gasteiger partial charge in [-0.25, -0.2) is 8.42 Å². The summed E-state index contributed by atoms with van der Waals surface area (Å²) < 4.78 is 23.5. The fourth-order valence-corrected chi connectivity index (χ4v) is 4.09. The molecule has 0 aromatic carbocycles. The van der Waals surface area contributed by atoms with Crippen molar-refractivity contribution in [1.82, 2.24) is 4.90 Å². The van der Waals surface area contributed by atoms with E-state index in [4.69, 9.17) is 10.9 Å². The molecule has 3 N–H and O–H groups in total. The first-order valence-electron chi connectivity index (χ1n) is 7.19. The van der Waals surface area contributed by atoms with Gasteiger partial charge in [0.05, 0.1) is 5.25 Å². The Hall–Kier alpha value is -0.820. The van der Waals surface area contributed by atoms with Crippen LogP contribution in [-0.2, 0) is 9.84 Å². The van der Waals surface area contributed by atoms with Crippen LogP contribution in [0.25, 0.3) is 0 Å². The molecule has 0 heterocycles. The van der Waals surface area contributed by atoms with E-state index in [-0.39, 0.29) is 23.0 Å². The Kier molecular flexibility index (Phi) is 6.26. The molecule has 0 saturated heterocycles. The van der Waals surface area contributed by atoms with Crippen molar-refractivity contribution >= 4 is 15.7 Å². The normalized spacial score (nSPS) is 26.7. The average Bonchev–Trinajstić information content (AvgIpc) is 2.42. The number of rotatable bonds is 6. The van der Waals surface area contributed by atoms with Crippen LogP contribution in [0.1, 0.15) is 39.5 Å². The van der Waals surface area contributed by atoms with Crippen molar-refractivity contribution < 1.29 is 13.6 Å². The molecule has 0 amide bonds. The van der Waals surface area contributed by atoms with E-state index in [1.807, 2.05) is 6.92 Å². The van der Waals surface area contributed by atoms with E-state index in [9.17, 15) is 8.42 Å². The molecule has 1 fully saturated rings. The number of nitrogens with two attached hydrogens (primary N) is 1. The first-order valence-corrected chi connectivity index (χ1v) is 9.15. The third kappa shape index (κ3) is 4.63. The van der Waals surface area contributed by atoms with Crippen molar-refractivity contribution in [3.05, 3.63) is 0 Å². The number of hydrogen-bond acceptors (Lipinski definition) is 5. The second kappa shape index (κ2) is 7.26. The zero-order valence-corrected chi connectivity index (χ0v) is 13.4. The van der Waals surface area contributed by atoms with E-state index in [0.717, 1.165) is 25.8 Å². The second-order valence-corrected chi connectivity index (χ2v) is 8.11. The van der Waals surface area contributed by atoms with E-state index in [2.05, 4.69) is 17.0 Å². The molecule has 1 rings (SSSR count). The van der Waals surface area contributed by atoms with Crippen LogP contribution in [0.5, 0.6) is 0 Å². The van der Waals surface area contributed by atoms with E-state index < -0.39 is 9.84 Å². The van der Waals surface area contributed by atoms with Gasteiger partial charge < -0.3 is 10.9 Å². The van der Waals surface area contributed by atoms with Crippen molar-refractivity contribution in [2.24, 2.45) is 16.8 Å². The fourth-order valence-electron chi connectivity index (χ4n) is 2.92. The van der Waals surface area contributed by atoms with E-state index >= 15 is 0 Å². The molecule has 0 aromatic heterocycles. The molecule has 1 aliphatic carbocycles. The molecule has 1 saturated carbocycles. The van der Waals surface area contributed by atoms with Gasteiger partial charge in [-0.05, 0) is 25.8 Å². The molecule has 0 spiro atoms. The van der Waals surface area contributed by atoms with Crippen LogP contribution in [0.3, 0.4) is 0 Å². The van der Waals surface area contributed by atoms with E-state index in [1.165, 1.54) is 6.26 Å². The van der Waals surface area contributed by atoms with Gasteiger partial charge >= 0.3 is 0 Å². The Morgan fingerprint density at radius 3 is 2.65 bits per heavy atom. The topological polar surface area (TPSA) is 96.0 Å². The molecule has 118 valence electrons. The molecule has 3 unspecified atom stereocenters. The SMILES string of the molecule is CCN(CC(C)C(N)=NO)C1CCCC(S(C)(=O)=O)C1. The first-order chi connectivity index (χ1) is 9.29. The van der Waals surface area contributed by atoms with Crippen LogP contribution in [0.2, 0.25) is 0 Å². The Morgan fingerprint density at radius 1 is 1.50 bits per heavy atom. The smallest absolute Gasteiger partial charge is 0.150 e. The van der Waals surface area contributed by atoms with Crippen molar-refractivity contribution in [1.29, 1.82) is 0 Å². The van der Waals surface area contributed by atoms with Crippen LogP contribution in [-0.4, -0.2) is 55.0 Å². The molecule has 0 aliphatic heterocycles. The van der Waals surface area contributed by atoms with Crippen LogP contribution >= 0.6 is 0 Å². The zero-order valence-electron chi connectivity index (χ0n) is 12.6. The van der Waals surface area contributed by atoms with Gasteiger partial charge in [-0.15, -0.1) is 0 Å². The summed E-state index contributed by atoms with van der Waals surface area (Å²) in [5.74, 6) is 0.178. The summed E-state index contributed by atoms with van der Waals surface area (Å²) in [4.78, 5) is 2.25. The van der Waals surface area contributed by atoms with Gasteiger partial charge in [-0.3, -0.25) is 4.90 Å². The molecule has 6 nitrogen and oxygen atoms in total. The summed E-state index contributed by atoms with van der Waals surface area (Å²) in [7, 11) is -2.97. The van der Waals surface area contributed by atoms with Gasteiger partial charge in [0.1, 0.15) is 15.7 Å². The lowest BCUT2D eigenvalue weighted by Gasteiger charge is -2.37. The minimum Gasteiger partial charge on any atom is -0.409 e. The first kappa shape index (κ1) is 17.2.